The van der Waals surface area contributed by atoms with Crippen LogP contribution in [0.15, 0.2) is 18.5 Å². The first-order valence-electron chi connectivity index (χ1n) is 8.27. The molecule has 1 aromatic rings. The van der Waals surface area contributed by atoms with Gasteiger partial charge in [-0.15, -0.1) is 0 Å². The summed E-state index contributed by atoms with van der Waals surface area (Å²) in [5, 5.41) is 3.65. The van der Waals surface area contributed by atoms with Crippen LogP contribution in [0, 0.1) is 17.8 Å². The molecule has 1 N–H and O–H groups in total. The van der Waals surface area contributed by atoms with Gasteiger partial charge >= 0.3 is 0 Å². The minimum Gasteiger partial charge on any atom is -0.377 e. The van der Waals surface area contributed by atoms with Gasteiger partial charge in [0.15, 0.2) is 0 Å². The van der Waals surface area contributed by atoms with Crippen LogP contribution in [0.1, 0.15) is 42.5 Å². The van der Waals surface area contributed by atoms with E-state index in [1.54, 1.807) is 12.3 Å². The molecule has 2 saturated carbocycles. The molecule has 4 atom stereocenters. The second-order valence-corrected chi connectivity index (χ2v) is 7.17. The Morgan fingerprint density at radius 1 is 1.32 bits per heavy atom. The Kier molecular flexibility index (Phi) is 3.82. The first-order chi connectivity index (χ1) is 10.8. The van der Waals surface area contributed by atoms with Crippen LogP contribution in [0.3, 0.4) is 0 Å². The normalized spacial score (nSPS) is 34.2. The second kappa shape index (κ2) is 5.82. The number of aromatic nitrogens is 1. The van der Waals surface area contributed by atoms with Crippen LogP contribution in [0.25, 0.3) is 0 Å². The van der Waals surface area contributed by atoms with E-state index in [9.17, 15) is 4.79 Å². The lowest BCUT2D eigenvalue weighted by atomic mass is 9.61. The maximum Gasteiger partial charge on any atom is 0.253 e. The van der Waals surface area contributed by atoms with Crippen molar-refractivity contribution in [2.75, 3.05) is 6.61 Å². The molecule has 2 heterocycles. The molecule has 5 heteroatoms. The third-order valence-corrected chi connectivity index (χ3v) is 6.00. The first-order valence-corrected chi connectivity index (χ1v) is 8.65. The van der Waals surface area contributed by atoms with Crippen molar-refractivity contribution in [3.8, 4) is 0 Å². The van der Waals surface area contributed by atoms with E-state index >= 15 is 0 Å². The van der Waals surface area contributed by atoms with Crippen LogP contribution in [0.2, 0.25) is 5.02 Å². The molecule has 4 rings (SSSR count). The number of halogens is 1. The standard InChI is InChI=1S/C17H21ClN2O2/c18-13-9-19-7-5-11(13)17(21)20-15-12-6-8-22-16(12)14(15)10-3-1-2-4-10/h5,7,9-10,12,14-16H,1-4,6,8H2,(H,20,21)/t12-,14+,15+,16-/m1/s1. The topological polar surface area (TPSA) is 51.2 Å². The molecular weight excluding hydrogens is 300 g/mol. The molecule has 0 aromatic carbocycles. The average Bonchev–Trinajstić information content (AvgIpc) is 3.16. The van der Waals surface area contributed by atoms with Crippen molar-refractivity contribution in [3.63, 3.8) is 0 Å². The zero-order valence-electron chi connectivity index (χ0n) is 12.5. The van der Waals surface area contributed by atoms with Crippen molar-refractivity contribution in [1.82, 2.24) is 10.3 Å². The maximum absolute atomic E-state index is 12.6. The van der Waals surface area contributed by atoms with E-state index in [-0.39, 0.29) is 11.9 Å². The number of rotatable bonds is 3. The van der Waals surface area contributed by atoms with Gasteiger partial charge in [-0.2, -0.15) is 0 Å². The largest absolute Gasteiger partial charge is 0.377 e. The van der Waals surface area contributed by atoms with E-state index in [0.29, 0.717) is 34.4 Å². The predicted molar refractivity (Wildman–Crippen MR) is 83.8 cm³/mol. The number of ether oxygens (including phenoxy) is 1. The Balaban J connectivity index is 1.50. The Morgan fingerprint density at radius 2 is 2.14 bits per heavy atom. The van der Waals surface area contributed by atoms with Crippen LogP contribution in [-0.2, 0) is 4.74 Å². The third-order valence-electron chi connectivity index (χ3n) is 5.70. The summed E-state index contributed by atoms with van der Waals surface area (Å²) in [5.41, 5.74) is 0.518. The summed E-state index contributed by atoms with van der Waals surface area (Å²) < 4.78 is 5.93. The summed E-state index contributed by atoms with van der Waals surface area (Å²) in [6, 6.07) is 1.93. The Morgan fingerprint density at radius 3 is 2.91 bits per heavy atom. The molecule has 0 bridgehead atoms. The molecule has 1 aliphatic heterocycles. The van der Waals surface area contributed by atoms with Crippen LogP contribution in [-0.4, -0.2) is 29.6 Å². The molecule has 1 amide bonds. The molecule has 4 nitrogen and oxygen atoms in total. The Hall–Kier alpha value is -1.13. The third kappa shape index (κ3) is 2.33. The number of pyridine rings is 1. The van der Waals surface area contributed by atoms with Gasteiger partial charge in [-0.3, -0.25) is 9.78 Å². The minimum atomic E-state index is -0.0780. The van der Waals surface area contributed by atoms with Gasteiger partial charge in [0.2, 0.25) is 0 Å². The van der Waals surface area contributed by atoms with Crippen molar-refractivity contribution < 1.29 is 9.53 Å². The molecule has 3 fully saturated rings. The summed E-state index contributed by atoms with van der Waals surface area (Å²) in [4.78, 5) is 16.5. The number of hydrogen-bond acceptors (Lipinski definition) is 3. The predicted octanol–water partition coefficient (Wildman–Crippen LogP) is 3.06. The van der Waals surface area contributed by atoms with Crippen LogP contribution in [0.5, 0.6) is 0 Å². The average molecular weight is 321 g/mol. The fraction of sp³-hybridized carbons (Fsp3) is 0.647. The molecule has 0 radical (unpaired) electrons. The molecule has 1 saturated heterocycles. The van der Waals surface area contributed by atoms with Crippen molar-refractivity contribution in [3.05, 3.63) is 29.0 Å². The lowest BCUT2D eigenvalue weighted by Gasteiger charge is -2.50. The summed E-state index contributed by atoms with van der Waals surface area (Å²) >= 11 is 6.09. The lowest BCUT2D eigenvalue weighted by molar-refractivity contribution is -0.0784. The van der Waals surface area contributed by atoms with Gasteiger partial charge in [0, 0.05) is 36.9 Å². The van der Waals surface area contributed by atoms with Gasteiger partial charge in [0.25, 0.3) is 5.91 Å². The van der Waals surface area contributed by atoms with Crippen molar-refractivity contribution in [2.24, 2.45) is 17.8 Å². The molecule has 3 aliphatic rings. The molecular formula is C17H21ClN2O2. The molecule has 118 valence electrons. The molecule has 22 heavy (non-hydrogen) atoms. The number of fused-ring (bicyclic) bond motifs is 1. The monoisotopic (exact) mass is 320 g/mol. The van der Waals surface area contributed by atoms with E-state index < -0.39 is 0 Å². The molecule has 2 aliphatic carbocycles. The van der Waals surface area contributed by atoms with E-state index in [1.165, 1.54) is 31.9 Å². The molecule has 0 unspecified atom stereocenters. The Labute approximate surface area is 135 Å². The van der Waals surface area contributed by atoms with Gasteiger partial charge in [-0.05, 0) is 18.4 Å². The van der Waals surface area contributed by atoms with E-state index in [0.717, 1.165) is 13.0 Å². The van der Waals surface area contributed by atoms with Crippen molar-refractivity contribution >= 4 is 17.5 Å². The van der Waals surface area contributed by atoms with Crippen molar-refractivity contribution in [2.45, 2.75) is 44.2 Å². The summed E-state index contributed by atoms with van der Waals surface area (Å²) in [6.45, 7) is 0.834. The highest BCUT2D eigenvalue weighted by Crippen LogP contribution is 2.51. The SMILES string of the molecule is O=C(N[C@H]1[C@H]2CCO[C@H]2[C@H]1C1CCCC1)c1ccncc1Cl. The smallest absolute Gasteiger partial charge is 0.253 e. The number of nitrogens with one attached hydrogen (secondary N) is 1. The molecule has 0 spiro atoms. The van der Waals surface area contributed by atoms with Gasteiger partial charge in [0.1, 0.15) is 0 Å². The highest BCUT2D eigenvalue weighted by Gasteiger charge is 2.57. The van der Waals surface area contributed by atoms with Gasteiger partial charge in [-0.1, -0.05) is 37.3 Å². The number of hydrogen-bond donors (Lipinski definition) is 1. The zero-order valence-corrected chi connectivity index (χ0v) is 13.3. The first kappa shape index (κ1) is 14.5. The van der Waals surface area contributed by atoms with E-state index in [2.05, 4.69) is 10.3 Å². The Bertz CT molecular complexity index is 569. The highest BCUT2D eigenvalue weighted by molar-refractivity contribution is 6.33. The van der Waals surface area contributed by atoms with Gasteiger partial charge < -0.3 is 10.1 Å². The zero-order chi connectivity index (χ0) is 15.1. The van der Waals surface area contributed by atoms with Crippen LogP contribution in [0.4, 0.5) is 0 Å². The minimum absolute atomic E-state index is 0.0780. The quantitative estimate of drug-likeness (QED) is 0.931. The van der Waals surface area contributed by atoms with E-state index in [4.69, 9.17) is 16.3 Å². The summed E-state index contributed by atoms with van der Waals surface area (Å²) in [5.74, 6) is 1.60. The highest BCUT2D eigenvalue weighted by atomic mass is 35.5. The summed E-state index contributed by atoms with van der Waals surface area (Å²) in [7, 11) is 0. The van der Waals surface area contributed by atoms with Crippen molar-refractivity contribution in [1.29, 1.82) is 0 Å². The fourth-order valence-corrected chi connectivity index (χ4v) is 4.85. The number of carbonyl (C=O) groups excluding carboxylic acids is 1. The van der Waals surface area contributed by atoms with E-state index in [1.807, 2.05) is 0 Å². The number of carbonyl (C=O) groups is 1. The lowest BCUT2D eigenvalue weighted by Crippen LogP contribution is -2.63. The van der Waals surface area contributed by atoms with Gasteiger partial charge in [-0.25, -0.2) is 0 Å². The fourth-order valence-electron chi connectivity index (χ4n) is 4.65. The van der Waals surface area contributed by atoms with Gasteiger partial charge in [0.05, 0.1) is 16.7 Å². The molecule has 1 aromatic heterocycles. The maximum atomic E-state index is 12.6. The number of nitrogens with zero attached hydrogens (tertiary/aromatic N) is 1. The summed E-state index contributed by atoms with van der Waals surface area (Å²) in [6.07, 6.45) is 9.74. The van der Waals surface area contributed by atoms with Crippen LogP contribution >= 0.6 is 11.6 Å². The second-order valence-electron chi connectivity index (χ2n) is 6.76. The van der Waals surface area contributed by atoms with Crippen LogP contribution < -0.4 is 5.32 Å². The number of amides is 1.